The fourth-order valence-corrected chi connectivity index (χ4v) is 2.66. The van der Waals surface area contributed by atoms with E-state index in [-0.39, 0.29) is 23.7 Å². The van der Waals surface area contributed by atoms with Crippen molar-refractivity contribution < 1.29 is 13.7 Å². The number of rotatable bonds is 6. The Balaban J connectivity index is 1.53. The third kappa shape index (κ3) is 4.01. The van der Waals surface area contributed by atoms with Crippen molar-refractivity contribution in [2.75, 3.05) is 0 Å². The Morgan fingerprint density at radius 2 is 2.13 bits per heavy atom. The molecule has 0 aliphatic rings. The Hall–Kier alpha value is -2.54. The largest absolute Gasteiger partial charge is 0.351 e. The lowest BCUT2D eigenvalue weighted by Gasteiger charge is -2.01. The highest BCUT2D eigenvalue weighted by atomic mass is 32.1. The van der Waals surface area contributed by atoms with Crippen molar-refractivity contribution in [3.05, 3.63) is 58.4 Å². The van der Waals surface area contributed by atoms with Gasteiger partial charge in [-0.25, -0.2) is 4.39 Å². The highest BCUT2D eigenvalue weighted by Crippen LogP contribution is 2.19. The number of carbonyl (C=O) groups is 1. The van der Waals surface area contributed by atoms with E-state index in [1.807, 2.05) is 17.5 Å². The van der Waals surface area contributed by atoms with Gasteiger partial charge in [-0.1, -0.05) is 23.4 Å². The number of carbonyl (C=O) groups excluding carboxylic acids is 1. The van der Waals surface area contributed by atoms with Gasteiger partial charge in [0.2, 0.25) is 17.6 Å². The Morgan fingerprint density at radius 1 is 1.26 bits per heavy atom. The number of hydrogen-bond acceptors (Lipinski definition) is 5. The summed E-state index contributed by atoms with van der Waals surface area (Å²) in [6.45, 7) is 0.515. The van der Waals surface area contributed by atoms with Gasteiger partial charge in [-0.05, 0) is 23.6 Å². The fraction of sp³-hybridized carbons (Fsp3) is 0.188. The smallest absolute Gasteiger partial charge is 0.227 e. The van der Waals surface area contributed by atoms with E-state index in [0.717, 1.165) is 4.88 Å². The molecule has 3 aromatic rings. The summed E-state index contributed by atoms with van der Waals surface area (Å²) in [5.41, 5.74) is 0.282. The second-order valence-electron chi connectivity index (χ2n) is 4.85. The first-order valence-electron chi connectivity index (χ1n) is 7.09. The Bertz CT molecular complexity index is 786. The van der Waals surface area contributed by atoms with Crippen molar-refractivity contribution in [3.8, 4) is 11.4 Å². The first-order valence-corrected chi connectivity index (χ1v) is 7.97. The van der Waals surface area contributed by atoms with E-state index in [9.17, 15) is 9.18 Å². The van der Waals surface area contributed by atoms with Crippen molar-refractivity contribution in [2.24, 2.45) is 0 Å². The van der Waals surface area contributed by atoms with Crippen LogP contribution in [0.3, 0.4) is 0 Å². The number of halogens is 1. The first kappa shape index (κ1) is 15.4. The molecule has 23 heavy (non-hydrogen) atoms. The van der Waals surface area contributed by atoms with Crippen molar-refractivity contribution in [2.45, 2.75) is 19.4 Å². The summed E-state index contributed by atoms with van der Waals surface area (Å²) in [6, 6.07) is 10.1. The minimum Gasteiger partial charge on any atom is -0.351 e. The van der Waals surface area contributed by atoms with E-state index < -0.39 is 5.82 Å². The summed E-state index contributed by atoms with van der Waals surface area (Å²) in [6.07, 6.45) is 0.558. The maximum Gasteiger partial charge on any atom is 0.227 e. The van der Waals surface area contributed by atoms with Crippen molar-refractivity contribution in [1.82, 2.24) is 15.5 Å². The van der Waals surface area contributed by atoms with Gasteiger partial charge in [-0.2, -0.15) is 4.98 Å². The Morgan fingerprint density at radius 3 is 2.91 bits per heavy atom. The van der Waals surface area contributed by atoms with Crippen LogP contribution in [0.25, 0.3) is 11.4 Å². The zero-order valence-corrected chi connectivity index (χ0v) is 13.0. The predicted octanol–water partition coefficient (Wildman–Crippen LogP) is 3.19. The number of nitrogens with zero attached hydrogens (tertiary/aromatic N) is 2. The fourth-order valence-electron chi connectivity index (χ4n) is 2.02. The zero-order chi connectivity index (χ0) is 16.1. The van der Waals surface area contributed by atoms with Crippen LogP contribution in [-0.4, -0.2) is 16.0 Å². The van der Waals surface area contributed by atoms with E-state index in [0.29, 0.717) is 18.9 Å². The van der Waals surface area contributed by atoms with E-state index >= 15 is 0 Å². The number of hydrogen-bond donors (Lipinski definition) is 1. The van der Waals surface area contributed by atoms with Gasteiger partial charge in [-0.3, -0.25) is 4.79 Å². The summed E-state index contributed by atoms with van der Waals surface area (Å²) in [7, 11) is 0. The Labute approximate surface area is 136 Å². The number of nitrogens with one attached hydrogen (secondary N) is 1. The second-order valence-corrected chi connectivity index (χ2v) is 5.88. The molecule has 0 atom stereocenters. The molecule has 0 bridgehead atoms. The lowest BCUT2D eigenvalue weighted by molar-refractivity contribution is -0.121. The summed E-state index contributed by atoms with van der Waals surface area (Å²) in [5, 5.41) is 8.54. The summed E-state index contributed by atoms with van der Waals surface area (Å²) in [5.74, 6) is 0.00389. The van der Waals surface area contributed by atoms with Gasteiger partial charge in [0.1, 0.15) is 5.82 Å². The highest BCUT2D eigenvalue weighted by molar-refractivity contribution is 7.09. The molecule has 118 valence electrons. The van der Waals surface area contributed by atoms with Crippen LogP contribution in [0.15, 0.2) is 46.3 Å². The van der Waals surface area contributed by atoms with E-state index in [2.05, 4.69) is 15.5 Å². The van der Waals surface area contributed by atoms with Crippen LogP contribution in [0.1, 0.15) is 17.2 Å². The average molecular weight is 331 g/mol. The summed E-state index contributed by atoms with van der Waals surface area (Å²) < 4.78 is 18.7. The molecule has 0 radical (unpaired) electrons. The van der Waals surface area contributed by atoms with Gasteiger partial charge >= 0.3 is 0 Å². The molecular weight excluding hydrogens is 317 g/mol. The number of aryl methyl sites for hydroxylation is 1. The molecule has 2 aromatic heterocycles. The molecule has 0 spiro atoms. The molecule has 1 aromatic carbocycles. The predicted molar refractivity (Wildman–Crippen MR) is 84.2 cm³/mol. The third-order valence-electron chi connectivity index (χ3n) is 3.19. The van der Waals surface area contributed by atoms with Gasteiger partial charge < -0.3 is 9.84 Å². The molecule has 0 unspecified atom stereocenters. The quantitative estimate of drug-likeness (QED) is 0.753. The third-order valence-corrected chi connectivity index (χ3v) is 4.07. The lowest BCUT2D eigenvalue weighted by atomic mass is 10.2. The standard InChI is InChI=1S/C16H14FN3O2S/c17-13-6-2-1-5-12(13)16-19-15(22-20-16)8-7-14(21)18-10-11-4-3-9-23-11/h1-6,9H,7-8,10H2,(H,18,21). The number of aromatic nitrogens is 2. The molecule has 1 amide bonds. The SMILES string of the molecule is O=C(CCc1nc(-c2ccccc2F)no1)NCc1cccs1. The number of benzene rings is 1. The van der Waals surface area contributed by atoms with Crippen LogP contribution in [0, 0.1) is 5.82 Å². The van der Waals surface area contributed by atoms with Gasteiger partial charge in [0.15, 0.2) is 0 Å². The van der Waals surface area contributed by atoms with Gasteiger partial charge in [0.25, 0.3) is 0 Å². The minimum absolute atomic E-state index is 0.0935. The monoisotopic (exact) mass is 331 g/mol. The first-order chi connectivity index (χ1) is 11.2. The molecule has 1 N–H and O–H groups in total. The van der Waals surface area contributed by atoms with E-state index in [4.69, 9.17) is 4.52 Å². The highest BCUT2D eigenvalue weighted by Gasteiger charge is 2.13. The minimum atomic E-state index is -0.409. The van der Waals surface area contributed by atoms with Crippen LogP contribution < -0.4 is 5.32 Å². The maximum absolute atomic E-state index is 13.6. The van der Waals surface area contributed by atoms with Gasteiger partial charge in [-0.15, -0.1) is 11.3 Å². The van der Waals surface area contributed by atoms with Crippen molar-refractivity contribution in [3.63, 3.8) is 0 Å². The normalized spacial score (nSPS) is 10.7. The number of thiophene rings is 1. The summed E-state index contributed by atoms with van der Waals surface area (Å²) in [4.78, 5) is 17.0. The molecule has 0 aliphatic carbocycles. The van der Waals surface area contributed by atoms with Gasteiger partial charge in [0.05, 0.1) is 12.1 Å². The molecule has 3 rings (SSSR count). The molecule has 0 aliphatic heterocycles. The molecule has 5 nitrogen and oxygen atoms in total. The topological polar surface area (TPSA) is 68.0 Å². The maximum atomic E-state index is 13.6. The molecule has 0 saturated heterocycles. The average Bonchev–Trinajstić information content (AvgIpc) is 3.23. The Kier molecular flexibility index (Phi) is 4.77. The van der Waals surface area contributed by atoms with Crippen LogP contribution in [0.5, 0.6) is 0 Å². The molecule has 0 saturated carbocycles. The van der Waals surface area contributed by atoms with Crippen molar-refractivity contribution in [1.29, 1.82) is 0 Å². The molecule has 0 fully saturated rings. The molecule has 2 heterocycles. The zero-order valence-electron chi connectivity index (χ0n) is 12.2. The second kappa shape index (κ2) is 7.15. The van der Waals surface area contributed by atoms with Crippen LogP contribution in [0.4, 0.5) is 4.39 Å². The van der Waals surface area contributed by atoms with Crippen molar-refractivity contribution >= 4 is 17.2 Å². The molecule has 7 heteroatoms. The van der Waals surface area contributed by atoms with E-state index in [1.165, 1.54) is 6.07 Å². The molecular formula is C16H14FN3O2S. The van der Waals surface area contributed by atoms with E-state index in [1.54, 1.807) is 29.5 Å². The number of amides is 1. The lowest BCUT2D eigenvalue weighted by Crippen LogP contribution is -2.22. The van der Waals surface area contributed by atoms with Crippen LogP contribution in [-0.2, 0) is 17.8 Å². The summed E-state index contributed by atoms with van der Waals surface area (Å²) >= 11 is 1.59. The van der Waals surface area contributed by atoms with Gasteiger partial charge in [0, 0.05) is 17.7 Å². The van der Waals surface area contributed by atoms with Crippen LogP contribution in [0.2, 0.25) is 0 Å². The van der Waals surface area contributed by atoms with Crippen LogP contribution >= 0.6 is 11.3 Å².